The van der Waals surface area contributed by atoms with Crippen LogP contribution in [0.3, 0.4) is 0 Å². The summed E-state index contributed by atoms with van der Waals surface area (Å²) in [6.07, 6.45) is -0.941. The lowest BCUT2D eigenvalue weighted by atomic mass is 10.4. The van der Waals surface area contributed by atoms with Gasteiger partial charge in [0.1, 0.15) is 12.7 Å². The van der Waals surface area contributed by atoms with E-state index in [1.807, 2.05) is 0 Å². The standard InChI is InChI=1S/C8H16F2O4/c1-8(9,10)6-14-5-7(12)4-13-3-2-11/h7,11-12H,2-6H2,1H3. The van der Waals surface area contributed by atoms with Crippen LogP contribution in [0.2, 0.25) is 0 Å². The Labute approximate surface area is 81.4 Å². The molecule has 0 aromatic carbocycles. The minimum atomic E-state index is -2.88. The summed E-state index contributed by atoms with van der Waals surface area (Å²) in [5.74, 6) is -2.88. The lowest BCUT2D eigenvalue weighted by Crippen LogP contribution is -2.27. The van der Waals surface area contributed by atoms with Crippen molar-refractivity contribution in [2.75, 3.05) is 33.0 Å². The minimum absolute atomic E-state index is 0.0319. The van der Waals surface area contributed by atoms with Gasteiger partial charge in [-0.3, -0.25) is 0 Å². The van der Waals surface area contributed by atoms with E-state index >= 15 is 0 Å². The lowest BCUT2D eigenvalue weighted by Gasteiger charge is -2.14. The summed E-state index contributed by atoms with van der Waals surface area (Å²) in [6.45, 7) is -0.238. The van der Waals surface area contributed by atoms with Crippen LogP contribution in [0.15, 0.2) is 0 Å². The number of halogens is 2. The molecule has 0 saturated heterocycles. The van der Waals surface area contributed by atoms with E-state index in [4.69, 9.17) is 14.9 Å². The van der Waals surface area contributed by atoms with Crippen molar-refractivity contribution >= 4 is 0 Å². The SMILES string of the molecule is CC(F)(F)COCC(O)COCCO. The molecule has 0 aliphatic heterocycles. The van der Waals surface area contributed by atoms with Gasteiger partial charge < -0.3 is 19.7 Å². The van der Waals surface area contributed by atoms with E-state index in [0.29, 0.717) is 0 Å². The molecule has 0 radical (unpaired) electrons. The monoisotopic (exact) mass is 214 g/mol. The number of aliphatic hydroxyl groups excluding tert-OH is 2. The van der Waals surface area contributed by atoms with Crippen molar-refractivity contribution in [3.05, 3.63) is 0 Å². The molecule has 0 aromatic heterocycles. The molecule has 14 heavy (non-hydrogen) atoms. The van der Waals surface area contributed by atoms with Gasteiger partial charge in [0, 0.05) is 6.92 Å². The second kappa shape index (κ2) is 7.05. The van der Waals surface area contributed by atoms with Crippen molar-refractivity contribution in [1.29, 1.82) is 0 Å². The molecule has 0 aromatic rings. The van der Waals surface area contributed by atoms with Crippen LogP contribution in [0.4, 0.5) is 8.78 Å². The van der Waals surface area contributed by atoms with Gasteiger partial charge in [-0.05, 0) is 0 Å². The van der Waals surface area contributed by atoms with Gasteiger partial charge in [0.25, 0.3) is 5.92 Å². The average Bonchev–Trinajstić information content (AvgIpc) is 2.02. The quantitative estimate of drug-likeness (QED) is 0.560. The number of hydrogen-bond donors (Lipinski definition) is 2. The maximum atomic E-state index is 12.2. The van der Waals surface area contributed by atoms with Gasteiger partial charge in [-0.15, -0.1) is 0 Å². The fourth-order valence-corrected chi connectivity index (χ4v) is 0.706. The summed E-state index contributed by atoms with van der Waals surface area (Å²) in [5.41, 5.74) is 0. The van der Waals surface area contributed by atoms with Gasteiger partial charge in [0.15, 0.2) is 0 Å². The number of rotatable bonds is 8. The smallest absolute Gasteiger partial charge is 0.268 e. The van der Waals surface area contributed by atoms with Gasteiger partial charge in [-0.1, -0.05) is 0 Å². The molecule has 0 amide bonds. The first-order chi connectivity index (χ1) is 6.45. The van der Waals surface area contributed by atoms with Crippen LogP contribution >= 0.6 is 0 Å². The highest BCUT2D eigenvalue weighted by Gasteiger charge is 2.21. The summed E-state index contributed by atoms with van der Waals surface area (Å²) in [5, 5.41) is 17.4. The summed E-state index contributed by atoms with van der Waals surface area (Å²) in [4.78, 5) is 0. The molecule has 1 unspecified atom stereocenters. The third-order valence-corrected chi connectivity index (χ3v) is 1.21. The summed E-state index contributed by atoms with van der Waals surface area (Å²) in [6, 6.07) is 0. The zero-order chi connectivity index (χ0) is 11.0. The molecule has 0 aliphatic carbocycles. The second-order valence-corrected chi connectivity index (χ2v) is 3.04. The molecule has 0 rings (SSSR count). The van der Waals surface area contributed by atoms with Crippen molar-refractivity contribution in [3.63, 3.8) is 0 Å². The van der Waals surface area contributed by atoms with Crippen molar-refractivity contribution in [3.8, 4) is 0 Å². The van der Waals surface area contributed by atoms with Crippen molar-refractivity contribution < 1.29 is 28.5 Å². The molecule has 6 heteroatoms. The van der Waals surface area contributed by atoms with Crippen LogP contribution < -0.4 is 0 Å². The van der Waals surface area contributed by atoms with Crippen molar-refractivity contribution in [1.82, 2.24) is 0 Å². The lowest BCUT2D eigenvalue weighted by molar-refractivity contribution is -0.0897. The van der Waals surface area contributed by atoms with Crippen molar-refractivity contribution in [2.24, 2.45) is 0 Å². The Kier molecular flexibility index (Phi) is 6.90. The number of aliphatic hydroxyl groups is 2. The zero-order valence-corrected chi connectivity index (χ0v) is 8.08. The Morgan fingerprint density at radius 1 is 1.29 bits per heavy atom. The Hall–Kier alpha value is -0.300. The summed E-state index contributed by atoms with van der Waals surface area (Å²) < 4.78 is 33.7. The first kappa shape index (κ1) is 13.7. The highest BCUT2D eigenvalue weighted by atomic mass is 19.3. The molecular weight excluding hydrogens is 198 g/mol. The first-order valence-corrected chi connectivity index (χ1v) is 4.28. The summed E-state index contributed by atoms with van der Waals surface area (Å²) in [7, 11) is 0. The van der Waals surface area contributed by atoms with E-state index < -0.39 is 18.6 Å². The molecule has 4 nitrogen and oxygen atoms in total. The van der Waals surface area contributed by atoms with Crippen LogP contribution in [-0.2, 0) is 9.47 Å². The van der Waals surface area contributed by atoms with Crippen molar-refractivity contribution in [2.45, 2.75) is 19.0 Å². The normalized spacial score (nSPS) is 14.4. The molecule has 1 atom stereocenters. The third kappa shape index (κ3) is 9.79. The molecule has 2 N–H and O–H groups in total. The molecule has 0 fully saturated rings. The highest BCUT2D eigenvalue weighted by molar-refractivity contribution is 4.57. The molecule has 86 valence electrons. The van der Waals surface area contributed by atoms with E-state index in [9.17, 15) is 8.78 Å². The Morgan fingerprint density at radius 2 is 1.86 bits per heavy atom. The van der Waals surface area contributed by atoms with Crippen LogP contribution in [-0.4, -0.2) is 55.3 Å². The van der Waals surface area contributed by atoms with Crippen LogP contribution in [0.25, 0.3) is 0 Å². The van der Waals surface area contributed by atoms with Gasteiger partial charge >= 0.3 is 0 Å². The van der Waals surface area contributed by atoms with Crippen LogP contribution in [0.1, 0.15) is 6.92 Å². The Morgan fingerprint density at radius 3 is 2.36 bits per heavy atom. The molecule has 0 spiro atoms. The molecule has 0 heterocycles. The fraction of sp³-hybridized carbons (Fsp3) is 1.00. The predicted molar refractivity (Wildman–Crippen MR) is 45.4 cm³/mol. The largest absolute Gasteiger partial charge is 0.394 e. The van der Waals surface area contributed by atoms with Gasteiger partial charge in [0.2, 0.25) is 0 Å². The molecular formula is C8H16F2O4. The topological polar surface area (TPSA) is 58.9 Å². The fourth-order valence-electron chi connectivity index (χ4n) is 0.706. The van der Waals surface area contributed by atoms with Crippen LogP contribution in [0.5, 0.6) is 0 Å². The first-order valence-electron chi connectivity index (χ1n) is 4.28. The van der Waals surface area contributed by atoms with Gasteiger partial charge in [-0.25, -0.2) is 8.78 Å². The number of ether oxygens (including phenoxy) is 2. The highest BCUT2D eigenvalue weighted by Crippen LogP contribution is 2.11. The Balaban J connectivity index is 3.31. The molecule has 0 bridgehead atoms. The van der Waals surface area contributed by atoms with E-state index in [-0.39, 0.29) is 26.4 Å². The average molecular weight is 214 g/mol. The minimum Gasteiger partial charge on any atom is -0.394 e. The third-order valence-electron chi connectivity index (χ3n) is 1.21. The summed E-state index contributed by atoms with van der Waals surface area (Å²) >= 11 is 0. The molecule has 0 aliphatic rings. The zero-order valence-electron chi connectivity index (χ0n) is 8.08. The molecule has 0 saturated carbocycles. The van der Waals surface area contributed by atoms with E-state index in [0.717, 1.165) is 6.92 Å². The van der Waals surface area contributed by atoms with E-state index in [1.54, 1.807) is 0 Å². The number of hydrogen-bond acceptors (Lipinski definition) is 4. The van der Waals surface area contributed by atoms with Crippen LogP contribution in [0, 0.1) is 0 Å². The van der Waals surface area contributed by atoms with E-state index in [2.05, 4.69) is 4.74 Å². The maximum Gasteiger partial charge on any atom is 0.268 e. The van der Waals surface area contributed by atoms with Gasteiger partial charge in [-0.2, -0.15) is 0 Å². The predicted octanol–water partition coefficient (Wildman–Crippen LogP) is 0.0280. The number of alkyl halides is 2. The maximum absolute atomic E-state index is 12.2. The Bertz CT molecular complexity index is 138. The second-order valence-electron chi connectivity index (χ2n) is 3.04. The van der Waals surface area contributed by atoms with Gasteiger partial charge in [0.05, 0.1) is 26.4 Å². The van der Waals surface area contributed by atoms with E-state index in [1.165, 1.54) is 0 Å².